The van der Waals surface area contributed by atoms with Crippen molar-refractivity contribution in [2.24, 2.45) is 11.8 Å². The Bertz CT molecular complexity index is 710. The number of fused-ring (bicyclic) bond motifs is 1. The first-order chi connectivity index (χ1) is 11.7. The van der Waals surface area contributed by atoms with Crippen LogP contribution in [0, 0.1) is 18.8 Å². The molecule has 2 heterocycles. The summed E-state index contributed by atoms with van der Waals surface area (Å²) in [6.45, 7) is 3.74. The van der Waals surface area contributed by atoms with Crippen LogP contribution in [0.4, 0.5) is 10.5 Å². The molecule has 1 aliphatic carbocycles. The molecule has 5 heteroatoms. The Hall–Kier alpha value is -2.30. The van der Waals surface area contributed by atoms with E-state index in [0.717, 1.165) is 30.2 Å². The number of aryl methyl sites for hydroxylation is 1. The summed E-state index contributed by atoms with van der Waals surface area (Å²) in [4.78, 5) is 14.6. The van der Waals surface area contributed by atoms with Crippen LogP contribution in [0.15, 0.2) is 36.5 Å². The molecule has 1 aromatic carbocycles. The quantitative estimate of drug-likeness (QED) is 0.912. The summed E-state index contributed by atoms with van der Waals surface area (Å²) in [5.74, 6) is 1.41. The van der Waals surface area contributed by atoms with Gasteiger partial charge in [0.2, 0.25) is 0 Å². The zero-order valence-corrected chi connectivity index (χ0v) is 14.1. The highest BCUT2D eigenvalue weighted by molar-refractivity contribution is 5.90. The van der Waals surface area contributed by atoms with Crippen molar-refractivity contribution in [3.8, 4) is 5.69 Å². The summed E-state index contributed by atoms with van der Waals surface area (Å²) in [7, 11) is 0. The van der Waals surface area contributed by atoms with Crippen molar-refractivity contribution in [1.29, 1.82) is 0 Å². The monoisotopic (exact) mass is 324 g/mol. The van der Waals surface area contributed by atoms with Crippen molar-refractivity contribution in [2.45, 2.75) is 32.6 Å². The van der Waals surface area contributed by atoms with Gasteiger partial charge in [0, 0.05) is 13.1 Å². The Morgan fingerprint density at radius 1 is 1.12 bits per heavy atom. The number of urea groups is 1. The van der Waals surface area contributed by atoms with Crippen LogP contribution in [0.5, 0.6) is 0 Å². The van der Waals surface area contributed by atoms with Crippen molar-refractivity contribution in [2.75, 3.05) is 18.4 Å². The van der Waals surface area contributed by atoms with Gasteiger partial charge >= 0.3 is 6.03 Å². The number of aromatic nitrogens is 2. The number of benzene rings is 1. The van der Waals surface area contributed by atoms with Crippen LogP contribution >= 0.6 is 0 Å². The van der Waals surface area contributed by atoms with Gasteiger partial charge in [-0.2, -0.15) is 5.10 Å². The van der Waals surface area contributed by atoms with Crippen molar-refractivity contribution in [1.82, 2.24) is 14.7 Å². The van der Waals surface area contributed by atoms with Crippen molar-refractivity contribution in [3.05, 3.63) is 42.2 Å². The van der Waals surface area contributed by atoms with Gasteiger partial charge in [-0.05, 0) is 43.7 Å². The molecule has 1 aliphatic heterocycles. The average molecular weight is 324 g/mol. The standard InChI is InChI=1S/C19H24N4O/c1-14-18(13-23(21-14)17-9-3-2-4-10-17)20-19(24)22-11-15-7-5-6-8-16(15)12-22/h2-4,9-10,13,15-16H,5-8,11-12H2,1H3,(H,20,24). The molecule has 4 rings (SSSR count). The Morgan fingerprint density at radius 2 is 1.79 bits per heavy atom. The summed E-state index contributed by atoms with van der Waals surface area (Å²) in [6, 6.07) is 9.97. The molecule has 1 aromatic heterocycles. The molecule has 2 aliphatic rings. The molecule has 0 radical (unpaired) electrons. The summed E-state index contributed by atoms with van der Waals surface area (Å²) < 4.78 is 1.81. The highest BCUT2D eigenvalue weighted by Crippen LogP contribution is 2.36. The van der Waals surface area contributed by atoms with Crippen molar-refractivity contribution < 1.29 is 4.79 Å². The molecular weight excluding hydrogens is 300 g/mol. The second-order valence-corrected chi connectivity index (χ2v) is 7.05. The fraction of sp³-hybridized carbons (Fsp3) is 0.474. The van der Waals surface area contributed by atoms with Gasteiger partial charge in [0.15, 0.2) is 0 Å². The Balaban J connectivity index is 1.46. The van der Waals surface area contributed by atoms with Gasteiger partial charge in [-0.1, -0.05) is 31.0 Å². The van der Waals surface area contributed by atoms with Gasteiger partial charge in [-0.3, -0.25) is 0 Å². The van der Waals surface area contributed by atoms with Gasteiger partial charge in [0.25, 0.3) is 0 Å². The van der Waals surface area contributed by atoms with E-state index < -0.39 is 0 Å². The Labute approximate surface area is 142 Å². The molecule has 2 amide bonds. The van der Waals surface area contributed by atoms with Crippen molar-refractivity contribution in [3.63, 3.8) is 0 Å². The average Bonchev–Trinajstić information content (AvgIpc) is 3.20. The molecule has 2 unspecified atom stereocenters. The van der Waals surface area contributed by atoms with Gasteiger partial charge in [-0.15, -0.1) is 0 Å². The number of nitrogens with one attached hydrogen (secondary N) is 1. The number of carbonyl (C=O) groups excluding carboxylic acids is 1. The lowest BCUT2D eigenvalue weighted by molar-refractivity contribution is 0.220. The number of likely N-dealkylation sites (tertiary alicyclic amines) is 1. The van der Waals surface area contributed by atoms with Gasteiger partial charge in [0.05, 0.1) is 23.3 Å². The van der Waals surface area contributed by atoms with Crippen molar-refractivity contribution >= 4 is 11.7 Å². The molecule has 126 valence electrons. The predicted octanol–water partition coefficient (Wildman–Crippen LogP) is 3.83. The fourth-order valence-corrected chi connectivity index (χ4v) is 4.06. The maximum atomic E-state index is 12.6. The minimum Gasteiger partial charge on any atom is -0.324 e. The molecule has 1 saturated heterocycles. The highest BCUT2D eigenvalue weighted by Gasteiger charge is 2.36. The minimum atomic E-state index is 0.0140. The molecular formula is C19H24N4O. The first kappa shape index (κ1) is 15.2. The number of para-hydroxylation sites is 1. The minimum absolute atomic E-state index is 0.0140. The highest BCUT2D eigenvalue weighted by atomic mass is 16.2. The largest absolute Gasteiger partial charge is 0.324 e. The number of carbonyl (C=O) groups is 1. The normalized spacial score (nSPS) is 23.1. The first-order valence-corrected chi connectivity index (χ1v) is 8.88. The van der Waals surface area contributed by atoms with Crippen LogP contribution in [-0.2, 0) is 0 Å². The SMILES string of the molecule is Cc1nn(-c2ccccc2)cc1NC(=O)N1CC2CCCCC2C1. The van der Waals surface area contributed by atoms with E-state index in [-0.39, 0.29) is 6.03 Å². The second-order valence-electron chi connectivity index (χ2n) is 7.05. The van der Waals surface area contributed by atoms with E-state index in [9.17, 15) is 4.79 Å². The first-order valence-electron chi connectivity index (χ1n) is 8.88. The van der Waals surface area contributed by atoms with E-state index in [0.29, 0.717) is 11.8 Å². The van der Waals surface area contributed by atoms with E-state index in [2.05, 4.69) is 10.4 Å². The topological polar surface area (TPSA) is 50.2 Å². The maximum Gasteiger partial charge on any atom is 0.321 e. The molecule has 1 saturated carbocycles. The lowest BCUT2D eigenvalue weighted by Gasteiger charge is -2.22. The molecule has 1 N–H and O–H groups in total. The summed E-state index contributed by atoms with van der Waals surface area (Å²) in [5.41, 5.74) is 2.62. The lowest BCUT2D eigenvalue weighted by atomic mass is 9.82. The van der Waals surface area contributed by atoms with E-state index in [1.54, 1.807) is 0 Å². The third-order valence-corrected chi connectivity index (χ3v) is 5.42. The molecule has 24 heavy (non-hydrogen) atoms. The summed E-state index contributed by atoms with van der Waals surface area (Å²) in [6.07, 6.45) is 7.09. The number of hydrogen-bond acceptors (Lipinski definition) is 2. The number of rotatable bonds is 2. The van der Waals surface area contributed by atoms with Gasteiger partial charge in [-0.25, -0.2) is 9.48 Å². The smallest absolute Gasteiger partial charge is 0.321 e. The van der Waals surface area contributed by atoms with Crippen LogP contribution in [0.25, 0.3) is 5.69 Å². The molecule has 0 spiro atoms. The molecule has 2 aromatic rings. The zero-order chi connectivity index (χ0) is 16.5. The number of nitrogens with zero attached hydrogens (tertiary/aromatic N) is 3. The predicted molar refractivity (Wildman–Crippen MR) is 94.3 cm³/mol. The van der Waals surface area contributed by atoms with Gasteiger partial charge in [0.1, 0.15) is 0 Å². The number of anilines is 1. The van der Waals surface area contributed by atoms with Crippen LogP contribution in [0.1, 0.15) is 31.4 Å². The van der Waals surface area contributed by atoms with E-state index in [4.69, 9.17) is 0 Å². The summed E-state index contributed by atoms with van der Waals surface area (Å²) in [5, 5.41) is 7.57. The second kappa shape index (κ2) is 6.30. The van der Waals surface area contributed by atoms with Gasteiger partial charge < -0.3 is 10.2 Å². The number of hydrogen-bond donors (Lipinski definition) is 1. The van der Waals surface area contributed by atoms with E-state index >= 15 is 0 Å². The zero-order valence-electron chi connectivity index (χ0n) is 14.1. The van der Waals surface area contributed by atoms with Crippen LogP contribution in [-0.4, -0.2) is 33.8 Å². The van der Waals surface area contributed by atoms with E-state index in [1.807, 2.05) is 53.0 Å². The lowest BCUT2D eigenvalue weighted by Crippen LogP contribution is -2.33. The Morgan fingerprint density at radius 3 is 2.46 bits per heavy atom. The van der Waals surface area contributed by atoms with Crippen LogP contribution < -0.4 is 5.32 Å². The fourth-order valence-electron chi connectivity index (χ4n) is 4.06. The third kappa shape index (κ3) is 2.90. The summed E-state index contributed by atoms with van der Waals surface area (Å²) >= 11 is 0. The maximum absolute atomic E-state index is 12.6. The third-order valence-electron chi connectivity index (χ3n) is 5.42. The molecule has 2 fully saturated rings. The molecule has 2 atom stereocenters. The Kier molecular flexibility index (Phi) is 4.00. The van der Waals surface area contributed by atoms with Crippen LogP contribution in [0.3, 0.4) is 0 Å². The molecule has 0 bridgehead atoms. The van der Waals surface area contributed by atoms with Crippen LogP contribution in [0.2, 0.25) is 0 Å². The molecule has 5 nitrogen and oxygen atoms in total. The van der Waals surface area contributed by atoms with E-state index in [1.165, 1.54) is 25.7 Å². The number of amides is 2.